The third-order valence-corrected chi connectivity index (χ3v) is 5.25. The van der Waals surface area contributed by atoms with Gasteiger partial charge in [0, 0.05) is 43.9 Å². The summed E-state index contributed by atoms with van der Waals surface area (Å²) in [7, 11) is 0. The van der Waals surface area contributed by atoms with E-state index in [9.17, 15) is 18.0 Å². The maximum atomic E-state index is 13.0. The molecule has 10 heteroatoms. The van der Waals surface area contributed by atoms with Gasteiger partial charge in [-0.3, -0.25) is 4.79 Å². The molecule has 1 amide bonds. The van der Waals surface area contributed by atoms with Gasteiger partial charge in [0.25, 0.3) is 11.8 Å². The van der Waals surface area contributed by atoms with E-state index in [1.54, 1.807) is 17.2 Å². The topological polar surface area (TPSA) is 75.4 Å². The number of pyridine rings is 1. The monoisotopic (exact) mass is 445 g/mol. The second kappa shape index (κ2) is 8.60. The van der Waals surface area contributed by atoms with Crippen LogP contribution in [-0.4, -0.2) is 52.2 Å². The molecule has 7 nitrogen and oxygen atoms in total. The lowest BCUT2D eigenvalue weighted by Crippen LogP contribution is -2.49. The van der Waals surface area contributed by atoms with E-state index in [0.29, 0.717) is 49.3 Å². The van der Waals surface area contributed by atoms with Crippen LogP contribution in [-0.2, 0) is 6.18 Å². The third-order valence-electron chi connectivity index (χ3n) is 5.25. The number of alkyl halides is 3. The lowest BCUT2D eigenvalue weighted by Gasteiger charge is -2.36. The highest BCUT2D eigenvalue weighted by atomic mass is 19.4. The van der Waals surface area contributed by atoms with Gasteiger partial charge in [-0.25, -0.2) is 4.98 Å². The second-order valence-corrected chi connectivity index (χ2v) is 7.83. The molecular formula is C22H22F3N5O2. The first-order valence-corrected chi connectivity index (χ1v) is 10.2. The number of aromatic nitrogens is 3. The van der Waals surface area contributed by atoms with Gasteiger partial charge < -0.3 is 14.2 Å². The van der Waals surface area contributed by atoms with Crippen molar-refractivity contribution in [2.75, 3.05) is 31.1 Å². The molecule has 0 saturated carbocycles. The number of anilines is 1. The summed E-state index contributed by atoms with van der Waals surface area (Å²) in [6.45, 7) is 5.57. The van der Waals surface area contributed by atoms with Crippen LogP contribution in [0.2, 0.25) is 0 Å². The molecule has 0 radical (unpaired) electrons. The molecule has 1 aliphatic heterocycles. The maximum absolute atomic E-state index is 13.0. The lowest BCUT2D eigenvalue weighted by atomic mass is 10.1. The van der Waals surface area contributed by atoms with Crippen LogP contribution in [0.3, 0.4) is 0 Å². The molecule has 2 aromatic heterocycles. The van der Waals surface area contributed by atoms with Crippen molar-refractivity contribution in [1.29, 1.82) is 0 Å². The highest BCUT2D eigenvalue weighted by molar-refractivity contribution is 5.94. The molecule has 0 N–H and O–H groups in total. The predicted molar refractivity (Wildman–Crippen MR) is 111 cm³/mol. The number of halogens is 3. The van der Waals surface area contributed by atoms with Crippen molar-refractivity contribution in [2.24, 2.45) is 0 Å². The van der Waals surface area contributed by atoms with E-state index in [1.165, 1.54) is 12.1 Å². The average molecular weight is 445 g/mol. The van der Waals surface area contributed by atoms with Crippen molar-refractivity contribution in [3.8, 4) is 11.5 Å². The molecule has 0 bridgehead atoms. The summed E-state index contributed by atoms with van der Waals surface area (Å²) in [4.78, 5) is 20.8. The van der Waals surface area contributed by atoms with Crippen molar-refractivity contribution in [2.45, 2.75) is 25.9 Å². The van der Waals surface area contributed by atoms with E-state index >= 15 is 0 Å². The first-order valence-electron chi connectivity index (χ1n) is 10.2. The van der Waals surface area contributed by atoms with Crippen LogP contribution >= 0.6 is 0 Å². The number of nitrogens with zero attached hydrogens (tertiary/aromatic N) is 5. The highest BCUT2D eigenvalue weighted by Crippen LogP contribution is 2.31. The molecule has 32 heavy (non-hydrogen) atoms. The van der Waals surface area contributed by atoms with Gasteiger partial charge in [-0.05, 0) is 30.3 Å². The SMILES string of the molecule is CC(C)c1nnc(-c2cccnc2N2CCN(C(=O)c3cccc(C(F)(F)F)c3)CC2)o1. The average Bonchev–Trinajstić information content (AvgIpc) is 3.29. The van der Waals surface area contributed by atoms with Crippen molar-refractivity contribution in [1.82, 2.24) is 20.1 Å². The number of carbonyl (C=O) groups is 1. The van der Waals surface area contributed by atoms with E-state index in [0.717, 1.165) is 12.1 Å². The molecule has 168 valence electrons. The van der Waals surface area contributed by atoms with E-state index in [4.69, 9.17) is 4.42 Å². The van der Waals surface area contributed by atoms with Gasteiger partial charge in [0.15, 0.2) is 0 Å². The zero-order valence-corrected chi connectivity index (χ0v) is 17.6. The predicted octanol–water partition coefficient (Wildman–Crippen LogP) is 4.24. The van der Waals surface area contributed by atoms with E-state index in [2.05, 4.69) is 15.2 Å². The fourth-order valence-corrected chi connectivity index (χ4v) is 3.53. The molecule has 1 aromatic carbocycles. The molecule has 3 aromatic rings. The Balaban J connectivity index is 1.48. The summed E-state index contributed by atoms with van der Waals surface area (Å²) in [6.07, 6.45) is -2.83. The Kier molecular flexibility index (Phi) is 5.86. The highest BCUT2D eigenvalue weighted by Gasteiger charge is 2.32. The van der Waals surface area contributed by atoms with Crippen molar-refractivity contribution >= 4 is 11.7 Å². The number of amides is 1. The molecule has 3 heterocycles. The molecule has 1 fully saturated rings. The molecular weight excluding hydrogens is 423 g/mol. The second-order valence-electron chi connectivity index (χ2n) is 7.83. The summed E-state index contributed by atoms with van der Waals surface area (Å²) >= 11 is 0. The number of benzene rings is 1. The summed E-state index contributed by atoms with van der Waals surface area (Å²) in [5, 5.41) is 8.21. The van der Waals surface area contributed by atoms with Gasteiger partial charge in [-0.1, -0.05) is 19.9 Å². The standard InChI is InChI=1S/C22H22F3N5O2/c1-14(2)19-27-28-20(32-19)17-7-4-8-26-18(17)29-9-11-30(12-10-29)21(31)15-5-3-6-16(13-15)22(23,24)25/h3-8,13-14H,9-12H2,1-2H3. The van der Waals surface area contributed by atoms with Crippen LogP contribution in [0.5, 0.6) is 0 Å². The van der Waals surface area contributed by atoms with Crippen LogP contribution in [0.1, 0.15) is 41.6 Å². The zero-order chi connectivity index (χ0) is 22.9. The maximum Gasteiger partial charge on any atom is 0.416 e. The number of rotatable bonds is 4. The Labute approximate surface area is 182 Å². The van der Waals surface area contributed by atoms with Gasteiger partial charge in [-0.2, -0.15) is 13.2 Å². The van der Waals surface area contributed by atoms with Crippen molar-refractivity contribution in [3.63, 3.8) is 0 Å². The van der Waals surface area contributed by atoms with Crippen molar-refractivity contribution in [3.05, 3.63) is 59.6 Å². The first kappa shape index (κ1) is 21.8. The van der Waals surface area contributed by atoms with E-state index in [-0.39, 0.29) is 11.5 Å². The van der Waals surface area contributed by atoms with Crippen LogP contribution in [0.15, 0.2) is 47.0 Å². The molecule has 0 unspecified atom stereocenters. The molecule has 0 atom stereocenters. The minimum absolute atomic E-state index is 0.0267. The minimum Gasteiger partial charge on any atom is -0.420 e. The Morgan fingerprint density at radius 2 is 1.81 bits per heavy atom. The van der Waals surface area contributed by atoms with Crippen LogP contribution < -0.4 is 4.90 Å². The summed E-state index contributed by atoms with van der Waals surface area (Å²) in [5.41, 5.74) is -0.108. The Morgan fingerprint density at radius 3 is 2.47 bits per heavy atom. The Morgan fingerprint density at radius 1 is 1.06 bits per heavy atom. The minimum atomic E-state index is -4.49. The molecule has 1 aliphatic rings. The normalized spacial score (nSPS) is 14.8. The Bertz CT molecular complexity index is 1100. The van der Waals surface area contributed by atoms with Crippen LogP contribution in [0.25, 0.3) is 11.5 Å². The lowest BCUT2D eigenvalue weighted by molar-refractivity contribution is -0.137. The molecule has 0 spiro atoms. The van der Waals surface area contributed by atoms with Gasteiger partial charge in [0.1, 0.15) is 5.82 Å². The molecule has 1 saturated heterocycles. The van der Waals surface area contributed by atoms with E-state index < -0.39 is 17.6 Å². The Hall–Kier alpha value is -3.43. The van der Waals surface area contributed by atoms with Crippen LogP contribution in [0, 0.1) is 0 Å². The van der Waals surface area contributed by atoms with Gasteiger partial charge in [0.05, 0.1) is 11.1 Å². The van der Waals surface area contributed by atoms with Gasteiger partial charge in [0.2, 0.25) is 5.89 Å². The fraction of sp³-hybridized carbons (Fsp3) is 0.364. The number of carbonyl (C=O) groups excluding carboxylic acids is 1. The summed E-state index contributed by atoms with van der Waals surface area (Å²) in [6, 6.07) is 8.14. The number of piperazine rings is 1. The summed E-state index contributed by atoms with van der Waals surface area (Å²) in [5.74, 6) is 1.25. The summed E-state index contributed by atoms with van der Waals surface area (Å²) < 4.78 is 44.7. The molecule has 4 rings (SSSR count). The molecule has 0 aliphatic carbocycles. The number of hydrogen-bond donors (Lipinski definition) is 0. The van der Waals surface area contributed by atoms with Gasteiger partial charge in [-0.15, -0.1) is 10.2 Å². The largest absolute Gasteiger partial charge is 0.420 e. The first-order chi connectivity index (χ1) is 15.2. The van der Waals surface area contributed by atoms with Crippen LogP contribution in [0.4, 0.5) is 19.0 Å². The smallest absolute Gasteiger partial charge is 0.416 e. The number of hydrogen-bond acceptors (Lipinski definition) is 6. The fourth-order valence-electron chi connectivity index (χ4n) is 3.53. The quantitative estimate of drug-likeness (QED) is 0.598. The third kappa shape index (κ3) is 4.44. The zero-order valence-electron chi connectivity index (χ0n) is 17.6. The van der Waals surface area contributed by atoms with Gasteiger partial charge >= 0.3 is 6.18 Å². The van der Waals surface area contributed by atoms with E-state index in [1.807, 2.05) is 24.8 Å². The van der Waals surface area contributed by atoms with Crippen molar-refractivity contribution < 1.29 is 22.4 Å².